The second-order valence-electron chi connectivity index (χ2n) is 13.5. The molecule has 0 N–H and O–H groups in total. The third kappa shape index (κ3) is 4.83. The summed E-state index contributed by atoms with van der Waals surface area (Å²) in [6.45, 7) is 0. The van der Waals surface area contributed by atoms with Gasteiger partial charge in [0, 0.05) is 16.3 Å². The van der Waals surface area contributed by atoms with Gasteiger partial charge in [-0.05, 0) is 105 Å². The van der Waals surface area contributed by atoms with Gasteiger partial charge in [0.05, 0.1) is 30.2 Å². The maximum absolute atomic E-state index is 9.70. The Bertz CT molecular complexity index is 4770. The molecule has 0 radical (unpaired) electrons. The summed E-state index contributed by atoms with van der Waals surface area (Å²) in [5.41, 5.74) is 1.14. The Balaban J connectivity index is 1.22. The molecule has 11 aromatic carbocycles. The third-order valence-corrected chi connectivity index (χ3v) is 10.5. The van der Waals surface area contributed by atoms with Gasteiger partial charge < -0.3 is 4.42 Å². The monoisotopic (exact) mass is 744 g/mol. The van der Waals surface area contributed by atoms with Gasteiger partial charge in [-0.2, -0.15) is 0 Å². The lowest BCUT2D eigenvalue weighted by molar-refractivity contribution is 0.670. The SMILES string of the molecule is [2H]c1c([2H])c([2H])c2c(-c3ccc4oc5c(-c6cccc7cccc(-c8c9c([2H])c([2H])c([2H])c([2H])c9c(-c9c([2H])c([2H])c([2H])c%10c([2H])c([2H])c([2H])c([2H])c9%10)c9c([2H])c([2H])c([2H])c([2H])c89)c67)cccc5c4c3)c([2H])c([2H])c([2H])c2c1[2H]. The van der Waals surface area contributed by atoms with E-state index in [2.05, 4.69) is 0 Å². The van der Waals surface area contributed by atoms with Crippen LogP contribution in [0.4, 0.5) is 0 Å². The third-order valence-electron chi connectivity index (χ3n) is 10.5. The van der Waals surface area contributed by atoms with Crippen molar-refractivity contribution >= 4 is 75.8 Å². The summed E-state index contributed by atoms with van der Waals surface area (Å²) in [6, 6.07) is 5.76. The molecule has 57 heavy (non-hydrogen) atoms. The minimum absolute atomic E-state index is 0.0144. The highest BCUT2D eigenvalue weighted by Crippen LogP contribution is 2.49. The van der Waals surface area contributed by atoms with Crippen LogP contribution in [0.25, 0.3) is 120 Å². The Hall–Kier alpha value is -7.48. The van der Waals surface area contributed by atoms with Crippen molar-refractivity contribution in [1.29, 1.82) is 0 Å². The van der Waals surface area contributed by atoms with E-state index in [1.807, 2.05) is 0 Å². The average Bonchev–Trinajstić information content (AvgIpc) is 3.10. The highest BCUT2D eigenvalue weighted by molar-refractivity contribution is 6.26. The highest BCUT2D eigenvalue weighted by Gasteiger charge is 2.22. The van der Waals surface area contributed by atoms with Crippen LogP contribution in [0.3, 0.4) is 0 Å². The van der Waals surface area contributed by atoms with Gasteiger partial charge in [0.15, 0.2) is 0 Å². The summed E-state index contributed by atoms with van der Waals surface area (Å²) in [7, 11) is 0. The summed E-state index contributed by atoms with van der Waals surface area (Å²) in [5, 5.41) is -0.598. The zero-order chi connectivity index (χ0) is 56.6. The maximum atomic E-state index is 9.70. The van der Waals surface area contributed by atoms with Gasteiger partial charge in [-0.1, -0.05) is 194 Å². The minimum Gasteiger partial charge on any atom is -0.455 e. The Labute approximate surface area is 360 Å². The van der Waals surface area contributed by atoms with Crippen LogP contribution in [0, 0.1) is 0 Å². The molecule has 1 nitrogen and oxygen atoms in total. The second-order valence-corrected chi connectivity index (χ2v) is 13.5. The van der Waals surface area contributed by atoms with Gasteiger partial charge in [0.2, 0.25) is 0 Å². The summed E-state index contributed by atoms with van der Waals surface area (Å²) in [6.07, 6.45) is 0. The molecule has 1 heteroatoms. The molecule has 1 aromatic heterocycles. The smallest absolute Gasteiger partial charge is 0.143 e. The van der Waals surface area contributed by atoms with Crippen molar-refractivity contribution in [1.82, 2.24) is 0 Å². The van der Waals surface area contributed by atoms with Gasteiger partial charge in [-0.15, -0.1) is 0 Å². The van der Waals surface area contributed by atoms with E-state index in [1.54, 1.807) is 72.8 Å². The molecular weight excluding hydrogens is 689 g/mol. The Morgan fingerprint density at radius 3 is 1.51 bits per heavy atom. The molecule has 0 atom stereocenters. The fraction of sp³-hybridized carbons (Fsp3) is 0. The highest BCUT2D eigenvalue weighted by atomic mass is 16.3. The first-order chi connectivity index (χ1) is 37.4. The number of para-hydroxylation sites is 1. The first-order valence-corrected chi connectivity index (χ1v) is 17.9. The van der Waals surface area contributed by atoms with Gasteiger partial charge >= 0.3 is 0 Å². The number of hydrogen-bond donors (Lipinski definition) is 0. The van der Waals surface area contributed by atoms with Crippen LogP contribution >= 0.6 is 0 Å². The van der Waals surface area contributed by atoms with Crippen LogP contribution in [0.15, 0.2) is 210 Å². The number of benzene rings is 11. The molecule has 0 aliphatic heterocycles. The number of rotatable bonds is 4. The van der Waals surface area contributed by atoms with E-state index in [4.69, 9.17) is 27.7 Å². The predicted octanol–water partition coefficient (Wildman–Crippen LogP) is 16.0. The summed E-state index contributed by atoms with van der Waals surface area (Å²) in [4.78, 5) is 0. The first-order valence-electron chi connectivity index (χ1n) is 28.9. The van der Waals surface area contributed by atoms with Crippen LogP contribution < -0.4 is 0 Å². The lowest BCUT2D eigenvalue weighted by atomic mass is 9.82. The first kappa shape index (κ1) is 17.1. The minimum atomic E-state index is -0.815. The van der Waals surface area contributed by atoms with Crippen molar-refractivity contribution in [2.75, 3.05) is 0 Å². The molecule has 0 amide bonds. The van der Waals surface area contributed by atoms with Crippen molar-refractivity contribution in [2.45, 2.75) is 0 Å². The Kier molecular flexibility index (Phi) is 3.76. The Morgan fingerprint density at radius 1 is 0.333 bits per heavy atom. The van der Waals surface area contributed by atoms with Crippen LogP contribution in [-0.2, 0) is 0 Å². The van der Waals surface area contributed by atoms with E-state index in [0.717, 1.165) is 0 Å². The Morgan fingerprint density at radius 2 is 0.842 bits per heavy atom. The fourth-order valence-corrected chi connectivity index (χ4v) is 8.11. The largest absolute Gasteiger partial charge is 0.455 e. The van der Waals surface area contributed by atoms with E-state index >= 15 is 0 Å². The molecule has 0 spiro atoms. The molecule has 12 rings (SSSR count). The standard InChI is InChI=1S/C56H34O/c1-3-20-39-35(14-1)16-9-26-41(39)38-32-33-52-51(34-38)49-30-13-29-48(56(49)57-52)47-28-11-18-37-19-12-31-50(53(37)47)55-45-24-7-5-22-43(45)54(44-23-6-8-25-46(44)55)42-27-10-17-36-15-2-4-21-40(36)42/h1-34H/i1D,2D,3D,4D,5D,6D,7D,8D,9D,10D,14D,15D,16D,17D,20D,21D,22D,23D,24D,25D,26D,27D. The van der Waals surface area contributed by atoms with Crippen LogP contribution in [-0.4, -0.2) is 0 Å². The molecule has 0 aliphatic rings. The molecule has 264 valence electrons. The van der Waals surface area contributed by atoms with Crippen molar-refractivity contribution in [3.05, 3.63) is 206 Å². The zero-order valence-corrected chi connectivity index (χ0v) is 29.3. The molecule has 0 bridgehead atoms. The van der Waals surface area contributed by atoms with Gasteiger partial charge in [0.1, 0.15) is 11.2 Å². The van der Waals surface area contributed by atoms with Gasteiger partial charge in [-0.3, -0.25) is 0 Å². The molecule has 1 heterocycles. The lowest BCUT2D eigenvalue weighted by Crippen LogP contribution is -1.93. The lowest BCUT2D eigenvalue weighted by Gasteiger charge is -2.20. The molecular formula is C56H34O. The van der Waals surface area contributed by atoms with Crippen LogP contribution in [0.5, 0.6) is 0 Å². The average molecular weight is 745 g/mol. The summed E-state index contributed by atoms with van der Waals surface area (Å²) in [5.74, 6) is 0. The fourth-order valence-electron chi connectivity index (χ4n) is 8.11. The molecule has 12 aromatic rings. The van der Waals surface area contributed by atoms with E-state index < -0.39 is 166 Å². The van der Waals surface area contributed by atoms with Crippen molar-refractivity contribution in [3.8, 4) is 44.5 Å². The molecule has 0 unspecified atom stereocenters. The van der Waals surface area contributed by atoms with Crippen LogP contribution in [0.2, 0.25) is 0 Å². The molecule has 0 saturated heterocycles. The summed E-state index contributed by atoms with van der Waals surface area (Å²) < 4.78 is 205. The molecule has 0 fully saturated rings. The zero-order valence-electron chi connectivity index (χ0n) is 51.3. The predicted molar refractivity (Wildman–Crippen MR) is 243 cm³/mol. The van der Waals surface area contributed by atoms with E-state index in [-0.39, 0.29) is 38.2 Å². The van der Waals surface area contributed by atoms with Crippen molar-refractivity contribution in [3.63, 3.8) is 0 Å². The molecule has 0 aliphatic carbocycles. The molecule has 0 saturated carbocycles. The maximum Gasteiger partial charge on any atom is 0.143 e. The van der Waals surface area contributed by atoms with E-state index in [9.17, 15) is 6.85 Å². The topological polar surface area (TPSA) is 13.1 Å². The summed E-state index contributed by atoms with van der Waals surface area (Å²) >= 11 is 0. The van der Waals surface area contributed by atoms with Crippen molar-refractivity contribution in [2.24, 2.45) is 0 Å². The van der Waals surface area contributed by atoms with E-state index in [0.29, 0.717) is 49.4 Å². The van der Waals surface area contributed by atoms with E-state index in [1.165, 1.54) is 0 Å². The van der Waals surface area contributed by atoms with Gasteiger partial charge in [0.25, 0.3) is 0 Å². The number of fused-ring (bicyclic) bond motifs is 8. The van der Waals surface area contributed by atoms with Crippen LogP contribution in [0.1, 0.15) is 30.2 Å². The normalized spacial score (nSPS) is 17.3. The second kappa shape index (κ2) is 12.5. The quantitative estimate of drug-likeness (QED) is 0.164. The number of hydrogen-bond acceptors (Lipinski definition) is 1. The van der Waals surface area contributed by atoms with Gasteiger partial charge in [-0.25, -0.2) is 0 Å². The number of furan rings is 1. The van der Waals surface area contributed by atoms with Crippen molar-refractivity contribution < 1.29 is 34.6 Å².